The third-order valence-electron chi connectivity index (χ3n) is 4.25. The minimum Gasteiger partial charge on any atom is -0.426 e. The molecule has 0 aromatic heterocycles. The van der Waals surface area contributed by atoms with E-state index in [2.05, 4.69) is 21.3 Å². The van der Waals surface area contributed by atoms with Gasteiger partial charge in [-0.3, -0.25) is 8.98 Å². The van der Waals surface area contributed by atoms with Crippen molar-refractivity contribution in [1.82, 2.24) is 5.32 Å². The Hall–Kier alpha value is -1.59. The second-order valence-electron chi connectivity index (χ2n) is 6.56. The van der Waals surface area contributed by atoms with Crippen LogP contribution in [0.1, 0.15) is 25.7 Å². The van der Waals surface area contributed by atoms with Crippen molar-refractivity contribution in [2.45, 2.75) is 25.7 Å². The standard InChI is InChI=1S/C19H24ClNO5S/c1-27(23,24)25-12-2-3-15-4-6-16(7-5-15)13-21-14-19(22)26-18-10-8-17(20)9-11-18/h8-11,15-16,21H,4-7,12-14H2,1H3. The maximum absolute atomic E-state index is 11.8. The summed E-state index contributed by atoms with van der Waals surface area (Å²) in [5.41, 5.74) is 0. The van der Waals surface area contributed by atoms with Crippen LogP contribution >= 0.6 is 11.6 Å². The van der Waals surface area contributed by atoms with E-state index in [9.17, 15) is 13.2 Å². The van der Waals surface area contributed by atoms with Crippen LogP contribution in [0.5, 0.6) is 5.75 Å². The largest absolute Gasteiger partial charge is 0.426 e. The molecule has 2 rings (SSSR count). The molecule has 148 valence electrons. The summed E-state index contributed by atoms with van der Waals surface area (Å²) in [7, 11) is -3.43. The number of rotatable bonds is 7. The Morgan fingerprint density at radius 2 is 1.89 bits per heavy atom. The van der Waals surface area contributed by atoms with Crippen molar-refractivity contribution in [3.8, 4) is 17.6 Å². The van der Waals surface area contributed by atoms with Gasteiger partial charge in [0, 0.05) is 10.9 Å². The molecule has 0 aliphatic heterocycles. The summed E-state index contributed by atoms with van der Waals surface area (Å²) in [6.45, 7) is 0.828. The number of halogens is 1. The minimum atomic E-state index is -3.43. The normalized spacial score (nSPS) is 19.8. The summed E-state index contributed by atoms with van der Waals surface area (Å²) in [6.07, 6.45) is 4.98. The van der Waals surface area contributed by atoms with Gasteiger partial charge >= 0.3 is 5.97 Å². The summed E-state index contributed by atoms with van der Waals surface area (Å²) in [6, 6.07) is 6.66. The zero-order valence-electron chi connectivity index (χ0n) is 15.2. The molecule has 0 radical (unpaired) electrons. The van der Waals surface area contributed by atoms with Crippen LogP contribution in [0, 0.1) is 23.7 Å². The molecule has 0 bridgehead atoms. The molecule has 6 nitrogen and oxygen atoms in total. The van der Waals surface area contributed by atoms with Gasteiger partial charge in [0.15, 0.2) is 0 Å². The average Bonchev–Trinajstić information content (AvgIpc) is 2.61. The fourth-order valence-corrected chi connectivity index (χ4v) is 3.28. The van der Waals surface area contributed by atoms with Crippen LogP contribution < -0.4 is 10.1 Å². The second kappa shape index (κ2) is 10.7. The smallest absolute Gasteiger partial charge is 0.325 e. The van der Waals surface area contributed by atoms with Crippen LogP contribution in [-0.2, 0) is 19.1 Å². The predicted molar refractivity (Wildman–Crippen MR) is 104 cm³/mol. The van der Waals surface area contributed by atoms with E-state index < -0.39 is 10.1 Å². The molecule has 1 aliphatic rings. The molecule has 27 heavy (non-hydrogen) atoms. The maximum Gasteiger partial charge on any atom is 0.325 e. The first-order valence-corrected chi connectivity index (χ1v) is 11.0. The highest BCUT2D eigenvalue weighted by Gasteiger charge is 2.20. The number of nitrogens with one attached hydrogen (secondary N) is 1. The van der Waals surface area contributed by atoms with E-state index in [0.29, 0.717) is 16.7 Å². The lowest BCUT2D eigenvalue weighted by Crippen LogP contribution is -2.32. The third kappa shape index (κ3) is 9.25. The zero-order chi connectivity index (χ0) is 19.7. The maximum atomic E-state index is 11.8. The Morgan fingerprint density at radius 1 is 1.22 bits per heavy atom. The van der Waals surface area contributed by atoms with Gasteiger partial charge in [-0.15, -0.1) is 0 Å². The van der Waals surface area contributed by atoms with Crippen molar-refractivity contribution in [3.05, 3.63) is 29.3 Å². The summed E-state index contributed by atoms with van der Waals surface area (Å²) in [5.74, 6) is 6.77. The summed E-state index contributed by atoms with van der Waals surface area (Å²) in [5, 5.41) is 3.74. The Labute approximate surface area is 165 Å². The molecule has 0 heterocycles. The van der Waals surface area contributed by atoms with E-state index in [0.717, 1.165) is 38.5 Å². The first-order chi connectivity index (χ1) is 12.8. The molecule has 0 unspecified atom stereocenters. The Balaban J connectivity index is 1.60. The van der Waals surface area contributed by atoms with E-state index in [-0.39, 0.29) is 25.0 Å². The third-order valence-corrected chi connectivity index (χ3v) is 5.04. The molecule has 0 atom stereocenters. The molecule has 1 aromatic rings. The average molecular weight is 414 g/mol. The number of hydrogen-bond acceptors (Lipinski definition) is 6. The lowest BCUT2D eigenvalue weighted by atomic mass is 9.82. The monoisotopic (exact) mass is 413 g/mol. The van der Waals surface area contributed by atoms with Crippen LogP contribution in [0.4, 0.5) is 0 Å². The van der Waals surface area contributed by atoms with Gasteiger partial charge < -0.3 is 10.1 Å². The van der Waals surface area contributed by atoms with Gasteiger partial charge in [-0.1, -0.05) is 23.4 Å². The SMILES string of the molecule is CS(=O)(=O)OCC#CC1CCC(CNCC(=O)Oc2ccc(Cl)cc2)CC1. The minimum absolute atomic E-state index is 0.0873. The van der Waals surface area contributed by atoms with Crippen molar-refractivity contribution < 1.29 is 22.1 Å². The van der Waals surface area contributed by atoms with E-state index in [1.165, 1.54) is 0 Å². The molecule has 1 fully saturated rings. The van der Waals surface area contributed by atoms with Crippen LogP contribution in [0.3, 0.4) is 0 Å². The zero-order valence-corrected chi connectivity index (χ0v) is 16.8. The highest BCUT2D eigenvalue weighted by molar-refractivity contribution is 7.86. The number of ether oxygens (including phenoxy) is 1. The molecule has 1 aromatic carbocycles. The fourth-order valence-electron chi connectivity index (χ4n) is 2.88. The molecule has 0 saturated heterocycles. The van der Waals surface area contributed by atoms with Crippen molar-refractivity contribution in [2.75, 3.05) is 26.0 Å². The van der Waals surface area contributed by atoms with Crippen LogP contribution in [0.25, 0.3) is 0 Å². The highest BCUT2D eigenvalue weighted by Crippen LogP contribution is 2.27. The van der Waals surface area contributed by atoms with Gasteiger partial charge in [0.05, 0.1) is 12.8 Å². The van der Waals surface area contributed by atoms with Crippen molar-refractivity contribution in [2.24, 2.45) is 11.8 Å². The molecule has 1 aliphatic carbocycles. The fraction of sp³-hybridized carbons (Fsp3) is 0.526. The van der Waals surface area contributed by atoms with Gasteiger partial charge in [-0.05, 0) is 62.4 Å². The topological polar surface area (TPSA) is 81.7 Å². The number of benzene rings is 1. The molecular weight excluding hydrogens is 390 g/mol. The van der Waals surface area contributed by atoms with Gasteiger partial charge in [0.2, 0.25) is 0 Å². The van der Waals surface area contributed by atoms with Crippen molar-refractivity contribution in [3.63, 3.8) is 0 Å². The number of hydrogen-bond donors (Lipinski definition) is 1. The van der Waals surface area contributed by atoms with Gasteiger partial charge in [0.1, 0.15) is 12.4 Å². The van der Waals surface area contributed by atoms with Gasteiger partial charge in [-0.25, -0.2) is 0 Å². The number of esters is 1. The quantitative estimate of drug-likeness (QED) is 0.320. The van der Waals surface area contributed by atoms with Gasteiger partial charge in [0.25, 0.3) is 10.1 Å². The lowest BCUT2D eigenvalue weighted by molar-refractivity contribution is -0.133. The lowest BCUT2D eigenvalue weighted by Gasteiger charge is -2.25. The van der Waals surface area contributed by atoms with Crippen molar-refractivity contribution in [1.29, 1.82) is 0 Å². The number of carbonyl (C=O) groups excluding carboxylic acids is 1. The van der Waals surface area contributed by atoms with E-state index in [1.807, 2.05) is 0 Å². The van der Waals surface area contributed by atoms with Crippen LogP contribution in [0.2, 0.25) is 5.02 Å². The Bertz CT molecular complexity index is 775. The van der Waals surface area contributed by atoms with Crippen molar-refractivity contribution >= 4 is 27.7 Å². The van der Waals surface area contributed by atoms with Crippen LogP contribution in [0.15, 0.2) is 24.3 Å². The van der Waals surface area contributed by atoms with Gasteiger partial charge in [-0.2, -0.15) is 8.42 Å². The molecular formula is C19H24ClNO5S. The van der Waals surface area contributed by atoms with E-state index in [4.69, 9.17) is 16.3 Å². The number of carbonyl (C=O) groups is 1. The summed E-state index contributed by atoms with van der Waals surface area (Å²) < 4.78 is 31.5. The molecule has 8 heteroatoms. The first-order valence-electron chi connectivity index (χ1n) is 8.81. The highest BCUT2D eigenvalue weighted by atomic mass is 35.5. The van der Waals surface area contributed by atoms with E-state index >= 15 is 0 Å². The first kappa shape index (κ1) is 21.7. The van der Waals surface area contributed by atoms with E-state index in [1.54, 1.807) is 24.3 Å². The Morgan fingerprint density at radius 3 is 2.52 bits per heavy atom. The predicted octanol–water partition coefficient (Wildman–Crippen LogP) is 2.62. The summed E-state index contributed by atoms with van der Waals surface area (Å²) >= 11 is 5.79. The summed E-state index contributed by atoms with van der Waals surface area (Å²) in [4.78, 5) is 11.8. The second-order valence-corrected chi connectivity index (χ2v) is 8.64. The Kier molecular flexibility index (Phi) is 8.58. The molecule has 1 N–H and O–H groups in total. The van der Waals surface area contributed by atoms with Crippen LogP contribution in [-0.4, -0.2) is 40.3 Å². The molecule has 1 saturated carbocycles. The molecule has 0 amide bonds. The molecule has 0 spiro atoms.